The van der Waals surface area contributed by atoms with Crippen molar-refractivity contribution in [3.63, 3.8) is 0 Å². The van der Waals surface area contributed by atoms with Gasteiger partial charge in [0, 0.05) is 18.2 Å². The number of carbonyl (C=O) groups excluding carboxylic acids is 3. The monoisotopic (exact) mass is 390 g/mol. The number of esters is 1. The quantitative estimate of drug-likeness (QED) is 0.690. The highest BCUT2D eigenvalue weighted by molar-refractivity contribution is 5.96. The lowest BCUT2D eigenvalue weighted by molar-refractivity contribution is -0.159. The Balaban J connectivity index is 1.81. The molecule has 0 heterocycles. The molecule has 154 valence electrons. The highest BCUT2D eigenvalue weighted by atomic mass is 16.5. The largest absolute Gasteiger partial charge is 0.497 e. The highest BCUT2D eigenvalue weighted by Gasteiger charge is 2.29. The molecule has 7 nitrogen and oxygen atoms in total. The molecule has 28 heavy (non-hydrogen) atoms. The Labute approximate surface area is 166 Å². The van der Waals surface area contributed by atoms with Crippen LogP contribution >= 0.6 is 0 Å². The fourth-order valence-corrected chi connectivity index (χ4v) is 3.51. The molecule has 0 aliphatic heterocycles. The number of rotatable bonds is 8. The average molecular weight is 390 g/mol. The van der Waals surface area contributed by atoms with Gasteiger partial charge in [-0.1, -0.05) is 19.3 Å². The first-order valence-electron chi connectivity index (χ1n) is 9.88. The van der Waals surface area contributed by atoms with Crippen LogP contribution in [0.3, 0.4) is 0 Å². The molecule has 1 fully saturated rings. The SMILES string of the molecule is CCN(C(=O)[C@H](C)OC(=O)CNC(=O)c1ccc(OC)cc1)C1CCCCC1. The van der Waals surface area contributed by atoms with E-state index in [9.17, 15) is 14.4 Å². The molecular weight excluding hydrogens is 360 g/mol. The second-order valence-electron chi connectivity index (χ2n) is 6.96. The fraction of sp³-hybridized carbons (Fsp3) is 0.571. The molecule has 1 aromatic rings. The van der Waals surface area contributed by atoms with Crippen molar-refractivity contribution in [3.05, 3.63) is 29.8 Å². The van der Waals surface area contributed by atoms with Crippen molar-refractivity contribution in [2.24, 2.45) is 0 Å². The van der Waals surface area contributed by atoms with Crippen molar-refractivity contribution >= 4 is 17.8 Å². The van der Waals surface area contributed by atoms with Crippen LogP contribution in [0.15, 0.2) is 24.3 Å². The summed E-state index contributed by atoms with van der Waals surface area (Å²) in [6.45, 7) is 3.82. The number of hydrogen-bond donors (Lipinski definition) is 1. The summed E-state index contributed by atoms with van der Waals surface area (Å²) in [5, 5.41) is 2.51. The molecule has 0 radical (unpaired) electrons. The number of amides is 2. The molecule has 2 rings (SSSR count). The maximum Gasteiger partial charge on any atom is 0.326 e. The Kier molecular flexibility index (Phi) is 8.29. The molecule has 0 saturated heterocycles. The lowest BCUT2D eigenvalue weighted by atomic mass is 9.94. The van der Waals surface area contributed by atoms with Gasteiger partial charge in [-0.2, -0.15) is 0 Å². The first-order chi connectivity index (χ1) is 13.5. The summed E-state index contributed by atoms with van der Waals surface area (Å²) < 4.78 is 10.3. The van der Waals surface area contributed by atoms with Crippen LogP contribution in [0.4, 0.5) is 0 Å². The normalized spacial score (nSPS) is 15.4. The van der Waals surface area contributed by atoms with Gasteiger partial charge in [0.25, 0.3) is 11.8 Å². The van der Waals surface area contributed by atoms with E-state index >= 15 is 0 Å². The average Bonchev–Trinajstić information content (AvgIpc) is 2.73. The van der Waals surface area contributed by atoms with Gasteiger partial charge in [-0.15, -0.1) is 0 Å². The lowest BCUT2D eigenvalue weighted by Crippen LogP contribution is -2.47. The van der Waals surface area contributed by atoms with E-state index in [0.29, 0.717) is 17.9 Å². The third-order valence-electron chi connectivity index (χ3n) is 5.04. The molecule has 1 atom stereocenters. The van der Waals surface area contributed by atoms with Crippen LogP contribution in [0.1, 0.15) is 56.3 Å². The van der Waals surface area contributed by atoms with Crippen molar-refractivity contribution in [1.82, 2.24) is 10.2 Å². The number of benzene rings is 1. The van der Waals surface area contributed by atoms with Crippen LogP contribution < -0.4 is 10.1 Å². The molecule has 1 aliphatic rings. The van der Waals surface area contributed by atoms with Gasteiger partial charge in [-0.25, -0.2) is 0 Å². The lowest BCUT2D eigenvalue weighted by Gasteiger charge is -2.35. The minimum absolute atomic E-state index is 0.177. The van der Waals surface area contributed by atoms with Crippen molar-refractivity contribution in [3.8, 4) is 5.75 Å². The molecule has 1 N–H and O–H groups in total. The molecule has 2 amide bonds. The summed E-state index contributed by atoms with van der Waals surface area (Å²) in [5.74, 6) is -0.565. The van der Waals surface area contributed by atoms with Gasteiger partial charge < -0.3 is 19.7 Å². The number of hydrogen-bond acceptors (Lipinski definition) is 5. The van der Waals surface area contributed by atoms with Crippen molar-refractivity contribution < 1.29 is 23.9 Å². The van der Waals surface area contributed by atoms with Gasteiger partial charge in [0.1, 0.15) is 12.3 Å². The van der Waals surface area contributed by atoms with Crippen molar-refractivity contribution in [1.29, 1.82) is 0 Å². The Bertz CT molecular complexity index is 668. The maximum absolute atomic E-state index is 12.7. The van der Waals surface area contributed by atoms with Gasteiger partial charge >= 0.3 is 5.97 Å². The van der Waals surface area contributed by atoms with Crippen LogP contribution in [0.25, 0.3) is 0 Å². The third kappa shape index (κ3) is 5.97. The second-order valence-corrected chi connectivity index (χ2v) is 6.96. The summed E-state index contributed by atoms with van der Waals surface area (Å²) in [7, 11) is 1.54. The minimum atomic E-state index is -0.868. The van der Waals surface area contributed by atoms with Crippen LogP contribution in [0.2, 0.25) is 0 Å². The minimum Gasteiger partial charge on any atom is -0.497 e. The van der Waals surface area contributed by atoms with E-state index in [1.165, 1.54) is 6.42 Å². The zero-order valence-corrected chi connectivity index (χ0v) is 16.9. The number of likely N-dealkylation sites (N-methyl/N-ethyl adjacent to an activating group) is 1. The highest BCUT2D eigenvalue weighted by Crippen LogP contribution is 2.23. The number of methoxy groups -OCH3 is 1. The van der Waals surface area contributed by atoms with E-state index < -0.39 is 18.0 Å². The fourth-order valence-electron chi connectivity index (χ4n) is 3.51. The summed E-state index contributed by atoms with van der Waals surface area (Å²) in [6.07, 6.45) is 4.59. The predicted molar refractivity (Wildman–Crippen MR) is 105 cm³/mol. The topological polar surface area (TPSA) is 84.9 Å². The molecule has 0 spiro atoms. The molecule has 1 saturated carbocycles. The summed E-state index contributed by atoms with van der Waals surface area (Å²) in [5.41, 5.74) is 0.409. The molecule has 7 heteroatoms. The Morgan fingerprint density at radius 2 is 1.79 bits per heavy atom. The van der Waals surface area contributed by atoms with Gasteiger partial charge in [0.2, 0.25) is 0 Å². The Morgan fingerprint density at radius 3 is 2.36 bits per heavy atom. The zero-order valence-electron chi connectivity index (χ0n) is 16.9. The maximum atomic E-state index is 12.7. The van der Waals surface area contributed by atoms with E-state index in [1.54, 1.807) is 38.3 Å². The molecular formula is C21H30N2O5. The molecule has 1 aliphatic carbocycles. The Morgan fingerprint density at radius 1 is 1.14 bits per heavy atom. The first kappa shape index (κ1) is 21.7. The standard InChI is InChI=1S/C21H30N2O5/c1-4-23(17-8-6-5-7-9-17)21(26)15(2)28-19(24)14-22-20(25)16-10-12-18(27-3)13-11-16/h10-13,15,17H,4-9,14H2,1-3H3,(H,22,25)/t15-/m0/s1. The number of nitrogens with zero attached hydrogens (tertiary/aromatic N) is 1. The number of carbonyl (C=O) groups is 3. The van der Waals surface area contributed by atoms with Gasteiger partial charge in [-0.3, -0.25) is 14.4 Å². The van der Waals surface area contributed by atoms with Crippen LogP contribution in [0, 0.1) is 0 Å². The van der Waals surface area contributed by atoms with Gasteiger partial charge in [-0.05, 0) is 51.0 Å². The first-order valence-corrected chi connectivity index (χ1v) is 9.88. The van der Waals surface area contributed by atoms with E-state index in [4.69, 9.17) is 9.47 Å². The molecule has 0 bridgehead atoms. The summed E-state index contributed by atoms with van der Waals surface area (Å²) in [4.78, 5) is 38.6. The van der Waals surface area contributed by atoms with Gasteiger partial charge in [0.05, 0.1) is 7.11 Å². The van der Waals surface area contributed by atoms with E-state index in [1.807, 2.05) is 11.8 Å². The van der Waals surface area contributed by atoms with Crippen molar-refractivity contribution in [2.75, 3.05) is 20.2 Å². The van der Waals surface area contributed by atoms with E-state index in [-0.39, 0.29) is 18.5 Å². The predicted octanol–water partition coefficient (Wildman–Crippen LogP) is 2.54. The number of ether oxygens (including phenoxy) is 2. The van der Waals surface area contributed by atoms with E-state index in [0.717, 1.165) is 25.7 Å². The van der Waals surface area contributed by atoms with E-state index in [2.05, 4.69) is 5.32 Å². The second kappa shape index (κ2) is 10.7. The zero-order chi connectivity index (χ0) is 20.5. The molecule has 1 aromatic carbocycles. The van der Waals surface area contributed by atoms with Crippen LogP contribution in [-0.4, -0.2) is 55.0 Å². The van der Waals surface area contributed by atoms with Crippen molar-refractivity contribution in [2.45, 2.75) is 58.1 Å². The third-order valence-corrected chi connectivity index (χ3v) is 5.04. The van der Waals surface area contributed by atoms with Crippen LogP contribution in [0.5, 0.6) is 5.75 Å². The summed E-state index contributed by atoms with van der Waals surface area (Å²) >= 11 is 0. The summed E-state index contributed by atoms with van der Waals surface area (Å²) in [6, 6.07) is 6.77. The molecule has 0 unspecified atom stereocenters. The Hall–Kier alpha value is -2.57. The van der Waals surface area contributed by atoms with Crippen LogP contribution in [-0.2, 0) is 14.3 Å². The number of nitrogens with one attached hydrogen (secondary N) is 1. The van der Waals surface area contributed by atoms with Gasteiger partial charge in [0.15, 0.2) is 6.10 Å². The molecule has 0 aromatic heterocycles. The smallest absolute Gasteiger partial charge is 0.326 e.